The molecule has 2 saturated carbocycles. The quantitative estimate of drug-likeness (QED) is 0.124. The molecule has 4 rings (SSSR count). The fourth-order valence-corrected chi connectivity index (χ4v) is 6.57. The van der Waals surface area contributed by atoms with Gasteiger partial charge >= 0.3 is 0 Å². The second kappa shape index (κ2) is 23.4. The van der Waals surface area contributed by atoms with Crippen LogP contribution in [0, 0.1) is 17.8 Å². The van der Waals surface area contributed by atoms with Crippen LogP contribution in [0.5, 0.6) is 0 Å². The third-order valence-corrected chi connectivity index (χ3v) is 10.2. The fraction of sp³-hybridized carbons (Fsp3) is 0.694. The number of carbonyl (C=O) groups excluding carboxylic acids is 3. The number of rotatable bonds is 12. The van der Waals surface area contributed by atoms with Gasteiger partial charge in [-0.25, -0.2) is 8.42 Å². The van der Waals surface area contributed by atoms with Gasteiger partial charge in [-0.2, -0.15) is 0 Å². The van der Waals surface area contributed by atoms with Crippen LogP contribution < -0.4 is 15.8 Å². The average molecular weight is 665 g/mol. The maximum absolute atomic E-state index is 12.2. The molecule has 0 spiro atoms. The first-order valence-electron chi connectivity index (χ1n) is 17.3. The van der Waals surface area contributed by atoms with Gasteiger partial charge in [-0.1, -0.05) is 91.7 Å². The molecule has 3 aliphatic rings. The SMILES string of the molecule is CC.CC(C)C.CCCCC/C=C\C1C[C@@H]1C(=O)NS(=O)(=O)C1(CC)CC1.C[C@@H]1CCCN1C(=O)CNc1ccccc1.NC=O. The van der Waals surface area contributed by atoms with Crippen molar-refractivity contribution in [2.24, 2.45) is 23.5 Å². The molecule has 264 valence electrons. The second-order valence-corrected chi connectivity index (χ2v) is 14.7. The summed E-state index contributed by atoms with van der Waals surface area (Å²) in [5.74, 6) is 0.820. The molecular formula is C36H64N4O5S. The lowest BCUT2D eigenvalue weighted by molar-refractivity contribution is -0.129. The number of hydrogen-bond acceptors (Lipinski definition) is 6. The first kappa shape index (κ1) is 43.1. The van der Waals surface area contributed by atoms with Crippen LogP contribution in [0.1, 0.15) is 120 Å². The number of nitrogens with zero attached hydrogens (tertiary/aromatic N) is 1. The maximum Gasteiger partial charge on any atom is 0.242 e. The summed E-state index contributed by atoms with van der Waals surface area (Å²) in [6, 6.07) is 10.2. The molecule has 9 nitrogen and oxygen atoms in total. The van der Waals surface area contributed by atoms with E-state index < -0.39 is 14.8 Å². The Hall–Kier alpha value is -2.88. The van der Waals surface area contributed by atoms with Crippen molar-refractivity contribution in [1.82, 2.24) is 9.62 Å². The number of primary amides is 1. The van der Waals surface area contributed by atoms with Gasteiger partial charge in [0.25, 0.3) is 0 Å². The minimum absolute atomic E-state index is 0.144. The Balaban J connectivity index is 0.000000714. The Bertz CT molecular complexity index is 1120. The van der Waals surface area contributed by atoms with Crippen LogP contribution in [0.25, 0.3) is 0 Å². The molecule has 3 fully saturated rings. The van der Waals surface area contributed by atoms with Gasteiger partial charge < -0.3 is 16.0 Å². The molecule has 1 unspecified atom stereocenters. The van der Waals surface area contributed by atoms with Gasteiger partial charge in [0, 0.05) is 24.2 Å². The van der Waals surface area contributed by atoms with Gasteiger partial charge in [0.15, 0.2) is 0 Å². The predicted molar refractivity (Wildman–Crippen MR) is 192 cm³/mol. The molecule has 1 aromatic rings. The molecule has 4 N–H and O–H groups in total. The summed E-state index contributed by atoms with van der Waals surface area (Å²) in [5, 5.41) is 3.15. The largest absolute Gasteiger partial charge is 0.376 e. The minimum atomic E-state index is -3.48. The third kappa shape index (κ3) is 16.6. The highest BCUT2D eigenvalue weighted by molar-refractivity contribution is 7.91. The van der Waals surface area contributed by atoms with E-state index in [4.69, 9.17) is 4.79 Å². The van der Waals surface area contributed by atoms with Crippen molar-refractivity contribution in [2.45, 2.75) is 130 Å². The smallest absolute Gasteiger partial charge is 0.242 e. The van der Waals surface area contributed by atoms with Crippen molar-refractivity contribution in [3.05, 3.63) is 42.5 Å². The zero-order chi connectivity index (χ0) is 35.2. The van der Waals surface area contributed by atoms with Crippen LogP contribution in [0.2, 0.25) is 0 Å². The topological polar surface area (TPSA) is 139 Å². The Morgan fingerprint density at radius 3 is 2.15 bits per heavy atom. The molecule has 46 heavy (non-hydrogen) atoms. The lowest BCUT2D eigenvalue weighted by Gasteiger charge is -2.21. The number of amides is 3. The summed E-state index contributed by atoms with van der Waals surface area (Å²) >= 11 is 0. The number of sulfonamides is 1. The number of benzene rings is 1. The van der Waals surface area contributed by atoms with Crippen LogP contribution in [0.4, 0.5) is 5.69 Å². The monoisotopic (exact) mass is 664 g/mol. The maximum atomic E-state index is 12.2. The van der Waals surface area contributed by atoms with Crippen molar-refractivity contribution >= 4 is 33.9 Å². The Kier molecular flexibility index (Phi) is 22.0. The van der Waals surface area contributed by atoms with E-state index in [1.807, 2.05) is 56.0 Å². The molecule has 0 radical (unpaired) electrons. The first-order valence-corrected chi connectivity index (χ1v) is 18.8. The van der Waals surface area contributed by atoms with Crippen LogP contribution in [-0.2, 0) is 24.4 Å². The number of para-hydroxylation sites is 1. The van der Waals surface area contributed by atoms with E-state index in [1.54, 1.807) is 0 Å². The zero-order valence-corrected chi connectivity index (χ0v) is 30.7. The van der Waals surface area contributed by atoms with E-state index in [-0.39, 0.29) is 30.1 Å². The van der Waals surface area contributed by atoms with E-state index >= 15 is 0 Å². The van der Waals surface area contributed by atoms with Crippen molar-refractivity contribution < 1.29 is 22.8 Å². The second-order valence-electron chi connectivity index (χ2n) is 12.6. The van der Waals surface area contributed by atoms with E-state index in [0.717, 1.165) is 43.8 Å². The van der Waals surface area contributed by atoms with Crippen molar-refractivity contribution in [1.29, 1.82) is 0 Å². The summed E-state index contributed by atoms with van der Waals surface area (Å²) in [5.41, 5.74) is 5.17. The van der Waals surface area contributed by atoms with Gasteiger partial charge in [0.2, 0.25) is 28.2 Å². The summed E-state index contributed by atoms with van der Waals surface area (Å²) in [4.78, 5) is 34.5. The molecule has 10 heteroatoms. The molecule has 2 aliphatic carbocycles. The lowest BCUT2D eigenvalue weighted by atomic mass is 10.2. The van der Waals surface area contributed by atoms with E-state index in [1.165, 1.54) is 19.3 Å². The average Bonchev–Trinajstić information content (AvgIpc) is 3.95. The number of likely N-dealkylation sites (tertiary alicyclic amines) is 1. The Morgan fingerprint density at radius 1 is 1.09 bits per heavy atom. The molecule has 1 saturated heterocycles. The highest BCUT2D eigenvalue weighted by Crippen LogP contribution is 2.46. The summed E-state index contributed by atoms with van der Waals surface area (Å²) in [6.07, 6.45) is 14.1. The number of anilines is 1. The van der Waals surface area contributed by atoms with E-state index in [0.29, 0.717) is 31.8 Å². The summed E-state index contributed by atoms with van der Waals surface area (Å²) < 4.78 is 26.0. The van der Waals surface area contributed by atoms with Crippen molar-refractivity contribution in [3.63, 3.8) is 0 Å². The first-order chi connectivity index (χ1) is 21.9. The lowest BCUT2D eigenvalue weighted by Crippen LogP contribution is -2.40. The highest BCUT2D eigenvalue weighted by Gasteiger charge is 2.54. The molecule has 1 aliphatic heterocycles. The van der Waals surface area contributed by atoms with Crippen LogP contribution in [-0.4, -0.2) is 55.4 Å². The number of unbranched alkanes of at least 4 members (excludes halogenated alkanes) is 3. The number of allylic oxidation sites excluding steroid dienone is 2. The van der Waals surface area contributed by atoms with Gasteiger partial charge in [0.05, 0.1) is 11.3 Å². The molecule has 1 heterocycles. The normalized spacial score (nSPS) is 20.3. The van der Waals surface area contributed by atoms with E-state index in [9.17, 15) is 18.0 Å². The Morgan fingerprint density at radius 2 is 1.67 bits per heavy atom. The predicted octanol–water partition coefficient (Wildman–Crippen LogP) is 7.05. The number of carbonyl (C=O) groups is 3. The van der Waals surface area contributed by atoms with E-state index in [2.05, 4.69) is 62.5 Å². The molecule has 0 aromatic heterocycles. The van der Waals surface area contributed by atoms with Crippen LogP contribution in [0.15, 0.2) is 42.5 Å². The van der Waals surface area contributed by atoms with Gasteiger partial charge in [0.1, 0.15) is 0 Å². The van der Waals surface area contributed by atoms with Crippen molar-refractivity contribution in [2.75, 3.05) is 18.4 Å². The molecule has 1 aromatic carbocycles. The summed E-state index contributed by atoms with van der Waals surface area (Å²) in [6.45, 7) is 18.0. The standard InChI is InChI=1S/C16H27NO3S.C13H18N2O.C4H10.C2H6.CH3NO/c1-3-5-6-7-8-9-13-12-14(13)15(18)17-21(19,20)16(4-2)10-11-16;1-11-6-5-9-15(11)13(16)10-14-12-7-3-2-4-8-12;1-4(2)3;1-2;2-1-3/h8-9,13-14H,3-7,10-12H2,1-2H3,(H,17,18);2-4,7-8,11,14H,5-6,9-10H2,1H3;4H,1-3H3;1-2H3;1H,(H2,2,3)/b9-8-;;;;/t13?,14-;11-;;;/m01.../s1. The van der Waals surface area contributed by atoms with Crippen LogP contribution in [0.3, 0.4) is 0 Å². The molecular weight excluding hydrogens is 600 g/mol. The minimum Gasteiger partial charge on any atom is -0.376 e. The van der Waals surface area contributed by atoms with Gasteiger partial charge in [-0.15, -0.1) is 0 Å². The molecule has 0 bridgehead atoms. The van der Waals surface area contributed by atoms with Crippen molar-refractivity contribution in [3.8, 4) is 0 Å². The molecule has 3 atom stereocenters. The van der Waals surface area contributed by atoms with Gasteiger partial charge in [-0.3, -0.25) is 19.1 Å². The number of nitrogens with two attached hydrogens (primary N) is 1. The highest BCUT2D eigenvalue weighted by atomic mass is 32.2. The fourth-order valence-electron chi connectivity index (χ4n) is 4.92. The Labute approximate surface area is 280 Å². The van der Waals surface area contributed by atoms with Crippen LogP contribution >= 0.6 is 0 Å². The van der Waals surface area contributed by atoms with Gasteiger partial charge in [-0.05, 0) is 82.3 Å². The number of nitrogens with one attached hydrogen (secondary N) is 2. The molecule has 3 amide bonds. The summed E-state index contributed by atoms with van der Waals surface area (Å²) in [7, 11) is -3.48. The third-order valence-electron chi connectivity index (χ3n) is 7.88. The number of hydrogen-bond donors (Lipinski definition) is 3. The zero-order valence-electron chi connectivity index (χ0n) is 29.9.